The molecule has 0 N–H and O–H groups in total. The SMILES string of the molecule is COC(=O)c1cc(-c2ccn3ncc(-c4c(C)nn(C)c4C)c3c2)oc1C1CC1. The number of furan rings is 1. The second-order valence-corrected chi connectivity index (χ2v) is 7.63. The Morgan fingerprint density at radius 3 is 2.72 bits per heavy atom. The van der Waals surface area contributed by atoms with Crippen molar-refractivity contribution in [3.05, 3.63) is 53.3 Å². The second-order valence-electron chi connectivity index (χ2n) is 7.63. The van der Waals surface area contributed by atoms with Crippen molar-refractivity contribution in [2.24, 2.45) is 7.05 Å². The van der Waals surface area contributed by atoms with Crippen LogP contribution in [0.4, 0.5) is 0 Å². The van der Waals surface area contributed by atoms with Crippen molar-refractivity contribution in [1.29, 1.82) is 0 Å². The van der Waals surface area contributed by atoms with E-state index in [1.165, 1.54) is 7.11 Å². The number of fused-ring (bicyclic) bond motifs is 1. The minimum atomic E-state index is -0.352. The number of nitrogens with zero attached hydrogens (tertiary/aromatic N) is 4. The average Bonchev–Trinajstić information content (AvgIpc) is 3.24. The summed E-state index contributed by atoms with van der Waals surface area (Å²) < 4.78 is 14.8. The summed E-state index contributed by atoms with van der Waals surface area (Å²) >= 11 is 0. The first-order valence-electron chi connectivity index (χ1n) is 9.68. The van der Waals surface area contributed by atoms with Crippen molar-refractivity contribution >= 4 is 11.5 Å². The fraction of sp³-hybridized carbons (Fsp3) is 0.318. The predicted molar refractivity (Wildman–Crippen MR) is 108 cm³/mol. The lowest BCUT2D eigenvalue weighted by Crippen LogP contribution is -2.02. The molecule has 29 heavy (non-hydrogen) atoms. The first-order valence-corrected chi connectivity index (χ1v) is 9.68. The number of esters is 1. The summed E-state index contributed by atoms with van der Waals surface area (Å²) in [5, 5.41) is 9.03. The van der Waals surface area contributed by atoms with Crippen LogP contribution in [0.25, 0.3) is 28.0 Å². The van der Waals surface area contributed by atoms with Gasteiger partial charge in [-0.1, -0.05) is 0 Å². The summed E-state index contributed by atoms with van der Waals surface area (Å²) in [4.78, 5) is 12.2. The lowest BCUT2D eigenvalue weighted by Gasteiger charge is -2.03. The van der Waals surface area contributed by atoms with Crippen LogP contribution in [-0.4, -0.2) is 32.5 Å². The maximum absolute atomic E-state index is 12.2. The number of hydrogen-bond acceptors (Lipinski definition) is 5. The smallest absolute Gasteiger partial charge is 0.341 e. The first kappa shape index (κ1) is 17.7. The number of aromatic nitrogens is 4. The van der Waals surface area contributed by atoms with Gasteiger partial charge in [0.1, 0.15) is 17.1 Å². The monoisotopic (exact) mass is 390 g/mol. The summed E-state index contributed by atoms with van der Waals surface area (Å²) in [6.07, 6.45) is 5.87. The third-order valence-corrected chi connectivity index (χ3v) is 5.70. The Bertz CT molecular complexity index is 1260. The van der Waals surface area contributed by atoms with Gasteiger partial charge in [0.15, 0.2) is 0 Å². The molecule has 5 rings (SSSR count). The molecule has 4 heterocycles. The third kappa shape index (κ3) is 2.76. The van der Waals surface area contributed by atoms with E-state index in [2.05, 4.69) is 17.1 Å². The summed E-state index contributed by atoms with van der Waals surface area (Å²) in [5.74, 6) is 1.36. The Kier molecular flexibility index (Phi) is 3.87. The summed E-state index contributed by atoms with van der Waals surface area (Å²) in [6.45, 7) is 4.06. The van der Waals surface area contributed by atoms with Gasteiger partial charge in [-0.15, -0.1) is 0 Å². The molecule has 0 amide bonds. The van der Waals surface area contributed by atoms with Gasteiger partial charge in [-0.25, -0.2) is 9.31 Å². The van der Waals surface area contributed by atoms with E-state index in [-0.39, 0.29) is 5.97 Å². The fourth-order valence-corrected chi connectivity index (χ4v) is 3.96. The molecule has 4 aromatic rings. The quantitative estimate of drug-likeness (QED) is 0.486. The van der Waals surface area contributed by atoms with Crippen LogP contribution in [0.1, 0.15) is 46.3 Å². The van der Waals surface area contributed by atoms with E-state index in [9.17, 15) is 4.79 Å². The van der Waals surface area contributed by atoms with Crippen LogP contribution >= 0.6 is 0 Å². The van der Waals surface area contributed by atoms with Crippen LogP contribution in [0.2, 0.25) is 0 Å². The molecule has 7 heteroatoms. The minimum absolute atomic E-state index is 0.313. The predicted octanol–water partition coefficient (Wildman–Crippen LogP) is 4.28. The van der Waals surface area contributed by atoms with Crippen molar-refractivity contribution < 1.29 is 13.9 Å². The van der Waals surface area contributed by atoms with E-state index in [1.54, 1.807) is 6.07 Å². The Labute approximate surface area is 167 Å². The Balaban J connectivity index is 1.65. The van der Waals surface area contributed by atoms with E-state index < -0.39 is 0 Å². The van der Waals surface area contributed by atoms with Gasteiger partial charge in [0.2, 0.25) is 0 Å². The van der Waals surface area contributed by atoms with Gasteiger partial charge >= 0.3 is 5.97 Å². The number of ether oxygens (including phenoxy) is 1. The maximum Gasteiger partial charge on any atom is 0.341 e. The van der Waals surface area contributed by atoms with Crippen LogP contribution in [0.5, 0.6) is 0 Å². The molecular formula is C22H22N4O3. The minimum Gasteiger partial charge on any atom is -0.465 e. The molecule has 0 atom stereocenters. The highest BCUT2D eigenvalue weighted by Gasteiger charge is 2.33. The second kappa shape index (κ2) is 6.34. The maximum atomic E-state index is 12.2. The fourth-order valence-electron chi connectivity index (χ4n) is 3.96. The van der Waals surface area contributed by atoms with Gasteiger partial charge in [-0.3, -0.25) is 4.68 Å². The Morgan fingerprint density at radius 2 is 2.07 bits per heavy atom. The lowest BCUT2D eigenvalue weighted by molar-refractivity contribution is 0.0598. The highest BCUT2D eigenvalue weighted by atomic mass is 16.5. The highest BCUT2D eigenvalue weighted by Crippen LogP contribution is 2.44. The number of hydrogen-bond donors (Lipinski definition) is 0. The van der Waals surface area contributed by atoms with Crippen LogP contribution in [0.3, 0.4) is 0 Å². The van der Waals surface area contributed by atoms with Gasteiger partial charge in [0.25, 0.3) is 0 Å². The van der Waals surface area contributed by atoms with Crippen molar-refractivity contribution in [3.8, 4) is 22.5 Å². The van der Waals surface area contributed by atoms with Gasteiger partial charge in [-0.2, -0.15) is 10.2 Å². The normalized spacial score (nSPS) is 13.9. The largest absolute Gasteiger partial charge is 0.465 e. The standard InChI is InChI=1S/C22H22N4O3/c1-12-20(13(2)25(3)24-12)17-11-23-26-8-7-15(9-18(17)26)19-10-16(22(27)28-4)21(29-19)14-5-6-14/h7-11,14H,5-6H2,1-4H3. The van der Waals surface area contributed by atoms with Crippen LogP contribution in [0, 0.1) is 13.8 Å². The van der Waals surface area contributed by atoms with Crippen molar-refractivity contribution in [2.45, 2.75) is 32.6 Å². The van der Waals surface area contributed by atoms with E-state index in [0.29, 0.717) is 17.2 Å². The van der Waals surface area contributed by atoms with Crippen molar-refractivity contribution in [3.63, 3.8) is 0 Å². The van der Waals surface area contributed by atoms with Gasteiger partial charge < -0.3 is 9.15 Å². The van der Waals surface area contributed by atoms with Crippen LogP contribution in [0.15, 0.2) is 35.0 Å². The summed E-state index contributed by atoms with van der Waals surface area (Å²) in [7, 11) is 3.34. The molecule has 0 aliphatic heterocycles. The molecule has 0 radical (unpaired) electrons. The highest BCUT2D eigenvalue weighted by molar-refractivity contribution is 5.92. The molecule has 1 fully saturated rings. The molecule has 0 saturated heterocycles. The molecule has 0 bridgehead atoms. The number of pyridine rings is 1. The molecule has 1 saturated carbocycles. The van der Waals surface area contributed by atoms with E-state index in [4.69, 9.17) is 9.15 Å². The molecule has 0 aromatic carbocycles. The molecule has 7 nitrogen and oxygen atoms in total. The summed E-state index contributed by atoms with van der Waals surface area (Å²) in [5.41, 5.74) is 6.56. The summed E-state index contributed by atoms with van der Waals surface area (Å²) in [6, 6.07) is 5.79. The van der Waals surface area contributed by atoms with Gasteiger partial charge in [0, 0.05) is 41.5 Å². The molecule has 148 valence electrons. The first-order chi connectivity index (χ1) is 14.0. The van der Waals surface area contributed by atoms with Crippen molar-refractivity contribution in [2.75, 3.05) is 7.11 Å². The zero-order valence-corrected chi connectivity index (χ0v) is 16.9. The molecule has 1 aliphatic carbocycles. The molecule has 4 aromatic heterocycles. The van der Waals surface area contributed by atoms with Crippen molar-refractivity contribution in [1.82, 2.24) is 19.4 Å². The average molecular weight is 390 g/mol. The van der Waals surface area contributed by atoms with E-state index in [0.717, 1.165) is 52.2 Å². The number of carbonyl (C=O) groups excluding carboxylic acids is 1. The number of carbonyl (C=O) groups is 1. The number of methoxy groups -OCH3 is 1. The molecule has 1 aliphatic rings. The van der Waals surface area contributed by atoms with Gasteiger partial charge in [-0.05, 0) is 44.9 Å². The van der Waals surface area contributed by atoms with Crippen LogP contribution < -0.4 is 0 Å². The molecule has 0 unspecified atom stereocenters. The lowest BCUT2D eigenvalue weighted by atomic mass is 10.0. The van der Waals surface area contributed by atoms with Gasteiger partial charge in [0.05, 0.1) is 24.5 Å². The van der Waals surface area contributed by atoms with Crippen LogP contribution in [-0.2, 0) is 11.8 Å². The third-order valence-electron chi connectivity index (χ3n) is 5.70. The zero-order valence-electron chi connectivity index (χ0n) is 16.9. The zero-order chi connectivity index (χ0) is 20.3. The van der Waals surface area contributed by atoms with E-state index >= 15 is 0 Å². The van der Waals surface area contributed by atoms with E-state index in [1.807, 2.05) is 47.7 Å². The Morgan fingerprint density at radius 1 is 1.28 bits per heavy atom. The molecular weight excluding hydrogens is 368 g/mol. The number of aryl methyl sites for hydroxylation is 2. The Hall–Kier alpha value is -3.35. The molecule has 0 spiro atoms. The number of rotatable bonds is 4. The topological polar surface area (TPSA) is 74.6 Å².